The van der Waals surface area contributed by atoms with Gasteiger partial charge in [0.1, 0.15) is 0 Å². The number of hydrogen-bond donors (Lipinski definition) is 0. The number of tetrazole rings is 1. The van der Waals surface area contributed by atoms with E-state index in [1.807, 2.05) is 24.3 Å². The molecule has 0 radical (unpaired) electrons. The van der Waals surface area contributed by atoms with Gasteiger partial charge in [-0.1, -0.05) is 54.1 Å². The van der Waals surface area contributed by atoms with Crippen LogP contribution in [0.4, 0.5) is 0 Å². The first-order valence-electron chi connectivity index (χ1n) is 8.69. The molecule has 0 bridgehead atoms. The Morgan fingerprint density at radius 2 is 1.46 bits per heavy atom. The summed E-state index contributed by atoms with van der Waals surface area (Å²) in [7, 11) is -3.26. The first-order valence-corrected chi connectivity index (χ1v) is 10.6. The summed E-state index contributed by atoms with van der Waals surface area (Å²) in [6.45, 7) is 2.05. The van der Waals surface area contributed by atoms with Crippen molar-refractivity contribution in [3.63, 3.8) is 0 Å². The minimum Gasteiger partial charge on any atom is -0.224 e. The van der Waals surface area contributed by atoms with E-state index < -0.39 is 9.84 Å². The second kappa shape index (κ2) is 7.01. The maximum Gasteiger partial charge on any atom is 0.187 e. The van der Waals surface area contributed by atoms with Crippen LogP contribution in [0.2, 0.25) is 0 Å². The molecule has 0 N–H and O–H groups in total. The largest absolute Gasteiger partial charge is 0.224 e. The van der Waals surface area contributed by atoms with Crippen molar-refractivity contribution < 1.29 is 8.42 Å². The SMILES string of the molecule is Cc1ccc(-c2ccccc2-c2nnnn2-c2ccc(S(C)(=O)=O)cc2)cc1. The van der Waals surface area contributed by atoms with E-state index in [1.54, 1.807) is 28.9 Å². The summed E-state index contributed by atoms with van der Waals surface area (Å²) in [6.07, 6.45) is 1.18. The van der Waals surface area contributed by atoms with Crippen LogP contribution in [0.25, 0.3) is 28.2 Å². The highest BCUT2D eigenvalue weighted by Crippen LogP contribution is 2.31. The average Bonchev–Trinajstić information content (AvgIpc) is 3.18. The number of aryl methyl sites for hydroxylation is 1. The zero-order valence-electron chi connectivity index (χ0n) is 15.4. The van der Waals surface area contributed by atoms with Crippen LogP contribution in [-0.2, 0) is 9.84 Å². The molecule has 0 saturated carbocycles. The van der Waals surface area contributed by atoms with Gasteiger partial charge in [0.25, 0.3) is 0 Å². The number of sulfone groups is 1. The standard InChI is InChI=1S/C21H18N4O2S/c1-15-7-9-16(10-8-15)19-5-3-4-6-20(19)21-22-23-24-25(21)17-11-13-18(14-12-17)28(2,26)27/h3-14H,1-2H3. The maximum absolute atomic E-state index is 11.7. The summed E-state index contributed by atoms with van der Waals surface area (Å²) in [5.41, 5.74) is 4.86. The highest BCUT2D eigenvalue weighted by molar-refractivity contribution is 7.90. The van der Waals surface area contributed by atoms with Crippen molar-refractivity contribution in [2.75, 3.05) is 6.26 Å². The predicted octanol–water partition coefficient (Wildman–Crippen LogP) is 3.71. The first kappa shape index (κ1) is 18.1. The summed E-state index contributed by atoms with van der Waals surface area (Å²) in [5.74, 6) is 0.586. The van der Waals surface area contributed by atoms with Crippen molar-refractivity contribution in [2.24, 2.45) is 0 Å². The smallest absolute Gasteiger partial charge is 0.187 e. The van der Waals surface area contributed by atoms with Gasteiger partial charge in [0.05, 0.1) is 10.6 Å². The molecule has 0 aliphatic heterocycles. The van der Waals surface area contributed by atoms with Crippen LogP contribution in [0.15, 0.2) is 77.7 Å². The van der Waals surface area contributed by atoms with Crippen molar-refractivity contribution in [1.29, 1.82) is 0 Å². The van der Waals surface area contributed by atoms with E-state index in [0.717, 1.165) is 16.7 Å². The van der Waals surface area contributed by atoms with Crippen LogP contribution in [0.3, 0.4) is 0 Å². The molecule has 28 heavy (non-hydrogen) atoms. The lowest BCUT2D eigenvalue weighted by Gasteiger charge is -2.11. The number of rotatable bonds is 4. The Kier molecular flexibility index (Phi) is 4.52. The van der Waals surface area contributed by atoms with Gasteiger partial charge in [0, 0.05) is 11.8 Å². The third-order valence-corrected chi connectivity index (χ3v) is 5.64. The third-order valence-electron chi connectivity index (χ3n) is 4.51. The van der Waals surface area contributed by atoms with Gasteiger partial charge in [-0.05, 0) is 52.7 Å². The van der Waals surface area contributed by atoms with Gasteiger partial charge in [0.2, 0.25) is 0 Å². The molecule has 0 unspecified atom stereocenters. The summed E-state index contributed by atoms with van der Waals surface area (Å²) in [4.78, 5) is 0.255. The Balaban J connectivity index is 1.81. The lowest BCUT2D eigenvalue weighted by Crippen LogP contribution is -2.02. The van der Waals surface area contributed by atoms with Crippen molar-refractivity contribution >= 4 is 9.84 Å². The van der Waals surface area contributed by atoms with Gasteiger partial charge >= 0.3 is 0 Å². The Morgan fingerprint density at radius 1 is 0.821 bits per heavy atom. The molecule has 0 fully saturated rings. The fourth-order valence-electron chi connectivity index (χ4n) is 3.03. The molecule has 0 saturated heterocycles. The number of aromatic nitrogens is 4. The summed E-state index contributed by atoms with van der Waals surface area (Å²) in [5, 5.41) is 12.2. The molecular formula is C21H18N4O2S. The van der Waals surface area contributed by atoms with Crippen molar-refractivity contribution in [3.05, 3.63) is 78.4 Å². The Labute approximate surface area is 163 Å². The highest BCUT2D eigenvalue weighted by atomic mass is 32.2. The minimum absolute atomic E-state index is 0.255. The quantitative estimate of drug-likeness (QED) is 0.531. The van der Waals surface area contributed by atoms with E-state index in [4.69, 9.17) is 0 Å². The van der Waals surface area contributed by atoms with E-state index in [0.29, 0.717) is 11.5 Å². The molecule has 0 spiro atoms. The monoisotopic (exact) mass is 390 g/mol. The number of benzene rings is 3. The zero-order chi connectivity index (χ0) is 19.7. The fraction of sp³-hybridized carbons (Fsp3) is 0.0952. The second-order valence-electron chi connectivity index (χ2n) is 6.59. The number of nitrogens with zero attached hydrogens (tertiary/aromatic N) is 4. The van der Waals surface area contributed by atoms with Crippen LogP contribution in [0, 0.1) is 6.92 Å². The topological polar surface area (TPSA) is 77.7 Å². The van der Waals surface area contributed by atoms with Gasteiger partial charge in [-0.3, -0.25) is 0 Å². The predicted molar refractivity (Wildman–Crippen MR) is 108 cm³/mol. The molecule has 4 rings (SSSR count). The summed E-state index contributed by atoms with van der Waals surface area (Å²) >= 11 is 0. The Hall–Kier alpha value is -3.32. The van der Waals surface area contributed by atoms with Crippen LogP contribution in [0.5, 0.6) is 0 Å². The van der Waals surface area contributed by atoms with Crippen LogP contribution in [-0.4, -0.2) is 34.9 Å². The van der Waals surface area contributed by atoms with E-state index in [2.05, 4.69) is 46.7 Å². The van der Waals surface area contributed by atoms with Crippen LogP contribution < -0.4 is 0 Å². The lowest BCUT2D eigenvalue weighted by molar-refractivity contribution is 0.602. The van der Waals surface area contributed by atoms with Gasteiger partial charge in [0.15, 0.2) is 15.7 Å². The third kappa shape index (κ3) is 3.44. The molecule has 7 heteroatoms. The molecule has 1 heterocycles. The van der Waals surface area contributed by atoms with E-state index in [9.17, 15) is 8.42 Å². The molecule has 140 valence electrons. The molecule has 4 aromatic rings. The average molecular weight is 390 g/mol. The van der Waals surface area contributed by atoms with E-state index in [1.165, 1.54) is 11.8 Å². The van der Waals surface area contributed by atoms with Gasteiger partial charge in [-0.15, -0.1) is 5.10 Å². The van der Waals surface area contributed by atoms with Crippen molar-refractivity contribution in [3.8, 4) is 28.2 Å². The van der Waals surface area contributed by atoms with Crippen LogP contribution >= 0.6 is 0 Å². The van der Waals surface area contributed by atoms with Crippen LogP contribution in [0.1, 0.15) is 5.56 Å². The summed E-state index contributed by atoms with van der Waals surface area (Å²) < 4.78 is 25.0. The molecule has 0 amide bonds. The highest BCUT2D eigenvalue weighted by Gasteiger charge is 2.16. The lowest BCUT2D eigenvalue weighted by atomic mass is 9.98. The van der Waals surface area contributed by atoms with Crippen molar-refractivity contribution in [1.82, 2.24) is 20.2 Å². The maximum atomic E-state index is 11.7. The first-order chi connectivity index (χ1) is 13.4. The zero-order valence-corrected chi connectivity index (χ0v) is 16.3. The second-order valence-corrected chi connectivity index (χ2v) is 8.61. The van der Waals surface area contributed by atoms with Gasteiger partial charge in [-0.2, -0.15) is 4.68 Å². The molecule has 0 aliphatic carbocycles. The fourth-order valence-corrected chi connectivity index (χ4v) is 3.66. The molecule has 1 aromatic heterocycles. The van der Waals surface area contributed by atoms with Gasteiger partial charge in [-0.25, -0.2) is 8.42 Å². The molecule has 0 atom stereocenters. The van der Waals surface area contributed by atoms with E-state index in [-0.39, 0.29) is 4.90 Å². The Bertz CT molecular complexity index is 1230. The number of hydrogen-bond acceptors (Lipinski definition) is 5. The van der Waals surface area contributed by atoms with Gasteiger partial charge < -0.3 is 0 Å². The van der Waals surface area contributed by atoms with Crippen molar-refractivity contribution in [2.45, 2.75) is 11.8 Å². The molecule has 0 aliphatic rings. The molecular weight excluding hydrogens is 372 g/mol. The molecule has 3 aromatic carbocycles. The Morgan fingerprint density at radius 3 is 2.11 bits per heavy atom. The molecule has 6 nitrogen and oxygen atoms in total. The van der Waals surface area contributed by atoms with E-state index >= 15 is 0 Å². The summed E-state index contributed by atoms with van der Waals surface area (Å²) in [6, 6.07) is 22.7. The normalized spacial score (nSPS) is 11.5. The minimum atomic E-state index is -3.26.